The topological polar surface area (TPSA) is 83.7 Å². The van der Waals surface area contributed by atoms with Crippen LogP contribution in [-0.4, -0.2) is 47.0 Å². The van der Waals surface area contributed by atoms with Crippen molar-refractivity contribution in [2.75, 3.05) is 19.7 Å². The van der Waals surface area contributed by atoms with Crippen LogP contribution in [0, 0.1) is 15.9 Å². The van der Waals surface area contributed by atoms with Gasteiger partial charge >= 0.3 is 5.69 Å². The van der Waals surface area contributed by atoms with Gasteiger partial charge < -0.3 is 10.0 Å². The van der Waals surface area contributed by atoms with E-state index < -0.39 is 41.9 Å². The van der Waals surface area contributed by atoms with E-state index in [-0.39, 0.29) is 12.1 Å². The average Bonchev–Trinajstić information content (AvgIpc) is 2.36. The molecule has 0 bridgehead atoms. The summed E-state index contributed by atoms with van der Waals surface area (Å²) in [6.07, 6.45) is -2.81. The van der Waals surface area contributed by atoms with Crippen LogP contribution in [0.3, 0.4) is 0 Å². The Bertz CT molecular complexity index is 510. The molecule has 0 radical (unpaired) electrons. The SMILES string of the molecule is O=C(c1ccc([N+](=O)[O-])c(F)c1)N(CCO)CC(F)F. The molecule has 0 aliphatic rings. The molecule has 0 aromatic heterocycles. The summed E-state index contributed by atoms with van der Waals surface area (Å²) in [5.74, 6) is -2.17. The van der Waals surface area contributed by atoms with Crippen molar-refractivity contribution in [3.63, 3.8) is 0 Å². The first-order chi connectivity index (χ1) is 9.36. The van der Waals surface area contributed by atoms with Crippen LogP contribution in [0.1, 0.15) is 10.4 Å². The lowest BCUT2D eigenvalue weighted by molar-refractivity contribution is -0.387. The summed E-state index contributed by atoms with van der Waals surface area (Å²) in [5.41, 5.74) is -1.12. The predicted molar refractivity (Wildman–Crippen MR) is 62.0 cm³/mol. The van der Waals surface area contributed by atoms with Crippen LogP contribution in [0.25, 0.3) is 0 Å². The van der Waals surface area contributed by atoms with Crippen LogP contribution in [0.4, 0.5) is 18.9 Å². The molecule has 0 aliphatic carbocycles. The third-order valence-electron chi connectivity index (χ3n) is 2.41. The number of alkyl halides is 2. The largest absolute Gasteiger partial charge is 0.395 e. The highest BCUT2D eigenvalue weighted by Gasteiger charge is 2.22. The van der Waals surface area contributed by atoms with Crippen molar-refractivity contribution < 1.29 is 28.0 Å². The van der Waals surface area contributed by atoms with Crippen molar-refractivity contribution in [1.29, 1.82) is 0 Å². The number of aliphatic hydroxyl groups is 1. The maximum absolute atomic E-state index is 13.4. The fourth-order valence-corrected chi connectivity index (χ4v) is 1.53. The molecular formula is C11H11F3N2O4. The van der Waals surface area contributed by atoms with Crippen molar-refractivity contribution >= 4 is 11.6 Å². The molecule has 1 N–H and O–H groups in total. The van der Waals surface area contributed by atoms with Crippen LogP contribution in [0.2, 0.25) is 0 Å². The molecule has 1 amide bonds. The number of rotatable bonds is 6. The molecule has 0 heterocycles. The maximum Gasteiger partial charge on any atom is 0.304 e. The number of halogens is 3. The van der Waals surface area contributed by atoms with Crippen LogP contribution in [0.5, 0.6) is 0 Å². The molecule has 1 aromatic carbocycles. The molecular weight excluding hydrogens is 281 g/mol. The molecule has 0 fully saturated rings. The highest BCUT2D eigenvalue weighted by atomic mass is 19.3. The summed E-state index contributed by atoms with van der Waals surface area (Å²) < 4.78 is 38.0. The Kier molecular flexibility index (Phi) is 5.44. The number of benzene rings is 1. The highest BCUT2D eigenvalue weighted by Crippen LogP contribution is 2.19. The number of hydrogen-bond donors (Lipinski definition) is 1. The lowest BCUT2D eigenvalue weighted by atomic mass is 10.1. The molecule has 1 rings (SSSR count). The second-order valence-electron chi connectivity index (χ2n) is 3.79. The van der Waals surface area contributed by atoms with Crippen molar-refractivity contribution in [2.45, 2.75) is 6.43 Å². The Balaban J connectivity index is 3.00. The summed E-state index contributed by atoms with van der Waals surface area (Å²) in [7, 11) is 0. The number of nitro groups is 1. The fraction of sp³-hybridized carbons (Fsp3) is 0.364. The summed E-state index contributed by atoms with van der Waals surface area (Å²) in [5, 5.41) is 19.1. The quantitative estimate of drug-likeness (QED) is 0.635. The molecule has 0 saturated carbocycles. The number of carbonyl (C=O) groups excluding carboxylic acids is 1. The number of nitro benzene ring substituents is 1. The Morgan fingerprint density at radius 3 is 2.55 bits per heavy atom. The standard InChI is InChI=1S/C11H11F3N2O4/c12-8-5-7(1-2-9(8)16(19)20)11(18)15(3-4-17)6-10(13)14/h1-2,5,10,17H,3-4,6H2. The number of amides is 1. The molecule has 0 spiro atoms. The first-order valence-electron chi connectivity index (χ1n) is 5.49. The van der Waals surface area contributed by atoms with Crippen LogP contribution < -0.4 is 0 Å². The number of carbonyl (C=O) groups is 1. The first-order valence-corrected chi connectivity index (χ1v) is 5.49. The number of aliphatic hydroxyl groups excluding tert-OH is 1. The minimum atomic E-state index is -2.81. The lowest BCUT2D eigenvalue weighted by Crippen LogP contribution is -2.37. The number of hydrogen-bond acceptors (Lipinski definition) is 4. The molecule has 110 valence electrons. The molecule has 20 heavy (non-hydrogen) atoms. The zero-order chi connectivity index (χ0) is 15.3. The van der Waals surface area contributed by atoms with Gasteiger partial charge in [-0.15, -0.1) is 0 Å². The predicted octanol–water partition coefficient (Wildman–Crippen LogP) is 1.43. The van der Waals surface area contributed by atoms with Gasteiger partial charge in [0.05, 0.1) is 18.1 Å². The Labute approximate surface area is 111 Å². The molecule has 1 aromatic rings. The van der Waals surface area contributed by atoms with Crippen molar-refractivity contribution in [3.05, 3.63) is 39.7 Å². The summed E-state index contributed by atoms with van der Waals surface area (Å²) in [6, 6.07) is 2.36. The Morgan fingerprint density at radius 2 is 2.10 bits per heavy atom. The summed E-state index contributed by atoms with van der Waals surface area (Å²) in [6.45, 7) is -1.80. The zero-order valence-electron chi connectivity index (χ0n) is 10.1. The van der Waals surface area contributed by atoms with E-state index in [0.29, 0.717) is 11.0 Å². The van der Waals surface area contributed by atoms with Gasteiger partial charge in [-0.1, -0.05) is 0 Å². The van der Waals surface area contributed by atoms with Gasteiger partial charge in [-0.25, -0.2) is 8.78 Å². The molecule has 6 nitrogen and oxygen atoms in total. The third kappa shape index (κ3) is 3.92. The van der Waals surface area contributed by atoms with Crippen LogP contribution in [-0.2, 0) is 0 Å². The van der Waals surface area contributed by atoms with E-state index in [2.05, 4.69) is 0 Å². The molecule has 0 aliphatic heterocycles. The van der Waals surface area contributed by atoms with E-state index in [4.69, 9.17) is 5.11 Å². The second-order valence-corrected chi connectivity index (χ2v) is 3.79. The highest BCUT2D eigenvalue weighted by molar-refractivity contribution is 5.94. The summed E-state index contributed by atoms with van der Waals surface area (Å²) >= 11 is 0. The average molecular weight is 292 g/mol. The van der Waals surface area contributed by atoms with E-state index in [9.17, 15) is 28.1 Å². The van der Waals surface area contributed by atoms with Crippen molar-refractivity contribution in [2.24, 2.45) is 0 Å². The van der Waals surface area contributed by atoms with E-state index >= 15 is 0 Å². The maximum atomic E-state index is 13.4. The van der Waals surface area contributed by atoms with Crippen molar-refractivity contribution in [1.82, 2.24) is 4.90 Å². The van der Waals surface area contributed by atoms with Gasteiger partial charge in [-0.05, 0) is 12.1 Å². The minimum Gasteiger partial charge on any atom is -0.395 e. The molecule has 0 saturated heterocycles. The number of nitrogens with zero attached hydrogens (tertiary/aromatic N) is 2. The lowest BCUT2D eigenvalue weighted by Gasteiger charge is -2.21. The monoisotopic (exact) mass is 292 g/mol. The Hall–Kier alpha value is -2.16. The fourth-order valence-electron chi connectivity index (χ4n) is 1.53. The smallest absolute Gasteiger partial charge is 0.304 e. The van der Waals surface area contributed by atoms with Gasteiger partial charge in [-0.2, -0.15) is 4.39 Å². The van der Waals surface area contributed by atoms with Crippen LogP contribution in [0.15, 0.2) is 18.2 Å². The van der Waals surface area contributed by atoms with Crippen LogP contribution >= 0.6 is 0 Å². The molecule has 0 atom stereocenters. The second kappa shape index (κ2) is 6.85. The molecule has 9 heteroatoms. The third-order valence-corrected chi connectivity index (χ3v) is 2.41. The zero-order valence-corrected chi connectivity index (χ0v) is 10.1. The Morgan fingerprint density at radius 1 is 1.45 bits per heavy atom. The normalized spacial score (nSPS) is 10.7. The van der Waals surface area contributed by atoms with Crippen molar-refractivity contribution in [3.8, 4) is 0 Å². The van der Waals surface area contributed by atoms with E-state index in [1.807, 2.05) is 0 Å². The van der Waals surface area contributed by atoms with E-state index in [1.165, 1.54) is 0 Å². The van der Waals surface area contributed by atoms with Gasteiger partial charge in [0, 0.05) is 18.2 Å². The van der Waals surface area contributed by atoms with E-state index in [0.717, 1.165) is 12.1 Å². The van der Waals surface area contributed by atoms with Gasteiger partial charge in [0.25, 0.3) is 12.3 Å². The minimum absolute atomic E-state index is 0.304. The van der Waals surface area contributed by atoms with Gasteiger partial charge in [0.15, 0.2) is 0 Å². The van der Waals surface area contributed by atoms with Gasteiger partial charge in [0.2, 0.25) is 5.82 Å². The van der Waals surface area contributed by atoms with E-state index in [1.54, 1.807) is 0 Å². The summed E-state index contributed by atoms with van der Waals surface area (Å²) in [4.78, 5) is 22.0. The van der Waals surface area contributed by atoms with Gasteiger partial charge in [-0.3, -0.25) is 14.9 Å². The first kappa shape index (κ1) is 15.9. The van der Waals surface area contributed by atoms with Gasteiger partial charge in [0.1, 0.15) is 0 Å². The molecule has 0 unspecified atom stereocenters.